The Bertz CT molecular complexity index is 374. The fourth-order valence-corrected chi connectivity index (χ4v) is 5.70. The highest BCUT2D eigenvalue weighted by atomic mass is 32.2. The zero-order chi connectivity index (χ0) is 14.3. The molecule has 1 aliphatic heterocycles. The summed E-state index contributed by atoms with van der Waals surface area (Å²) in [5, 5.41) is 0.440. The largest absolute Gasteiger partial charge is 0.300 e. The second kappa shape index (κ2) is 8.54. The van der Waals surface area contributed by atoms with Crippen LogP contribution in [-0.2, 0) is 14.9 Å². The SMILES string of the molecule is CCC(=O)CC(CCCS(=O)(=O)O)C1CSCCS1. The fourth-order valence-electron chi connectivity index (χ4n) is 2.16. The van der Waals surface area contributed by atoms with Crippen LogP contribution in [0, 0.1) is 5.92 Å². The molecule has 1 N–H and O–H groups in total. The minimum atomic E-state index is -3.88. The van der Waals surface area contributed by atoms with Crippen molar-refractivity contribution in [2.45, 2.75) is 37.9 Å². The summed E-state index contributed by atoms with van der Waals surface area (Å²) in [6.07, 6.45) is 2.21. The fraction of sp³-hybridized carbons (Fsp3) is 0.917. The molecule has 1 fully saturated rings. The minimum absolute atomic E-state index is 0.200. The number of thioether (sulfide) groups is 2. The Morgan fingerprint density at radius 3 is 2.68 bits per heavy atom. The molecule has 2 atom stereocenters. The first-order valence-corrected chi connectivity index (χ1v) is 10.4. The van der Waals surface area contributed by atoms with Gasteiger partial charge in [-0.05, 0) is 18.8 Å². The molecule has 0 aromatic heterocycles. The van der Waals surface area contributed by atoms with Gasteiger partial charge >= 0.3 is 0 Å². The quantitative estimate of drug-likeness (QED) is 0.691. The third-order valence-electron chi connectivity index (χ3n) is 3.23. The normalized spacial score (nSPS) is 22.1. The Kier molecular flexibility index (Phi) is 7.79. The number of ketones is 1. The molecule has 0 radical (unpaired) electrons. The van der Waals surface area contributed by atoms with Gasteiger partial charge in [0.05, 0.1) is 5.75 Å². The van der Waals surface area contributed by atoms with Gasteiger partial charge < -0.3 is 0 Å². The third-order valence-corrected chi connectivity index (χ3v) is 7.01. The second-order valence-electron chi connectivity index (χ2n) is 4.77. The van der Waals surface area contributed by atoms with Crippen molar-refractivity contribution in [2.75, 3.05) is 23.0 Å². The molecule has 0 aliphatic carbocycles. The van der Waals surface area contributed by atoms with Crippen molar-refractivity contribution in [1.29, 1.82) is 0 Å². The van der Waals surface area contributed by atoms with E-state index in [1.54, 1.807) is 0 Å². The van der Waals surface area contributed by atoms with Gasteiger partial charge in [0.15, 0.2) is 0 Å². The van der Waals surface area contributed by atoms with Crippen LogP contribution in [0.15, 0.2) is 0 Å². The van der Waals surface area contributed by atoms with E-state index < -0.39 is 10.1 Å². The third kappa shape index (κ3) is 7.58. The average molecular weight is 327 g/mol. The molecule has 112 valence electrons. The molecule has 19 heavy (non-hydrogen) atoms. The number of carbonyl (C=O) groups excluding carboxylic acids is 1. The van der Waals surface area contributed by atoms with Gasteiger partial charge in [-0.15, -0.1) is 0 Å². The number of carbonyl (C=O) groups is 1. The first kappa shape index (κ1) is 17.3. The van der Waals surface area contributed by atoms with Crippen molar-refractivity contribution in [3.8, 4) is 0 Å². The molecule has 0 amide bonds. The first-order chi connectivity index (χ1) is 8.92. The molecular weight excluding hydrogens is 304 g/mol. The summed E-state index contributed by atoms with van der Waals surface area (Å²) in [6, 6.07) is 0. The predicted octanol–water partition coefficient (Wildman–Crippen LogP) is 2.49. The molecule has 1 saturated heterocycles. The molecule has 0 bridgehead atoms. The lowest BCUT2D eigenvalue weighted by molar-refractivity contribution is -0.119. The van der Waals surface area contributed by atoms with Crippen LogP contribution in [-0.4, -0.2) is 47.0 Å². The predicted molar refractivity (Wildman–Crippen MR) is 82.6 cm³/mol. The standard InChI is InChI=1S/C12H22O4S3/c1-2-11(13)8-10(4-3-7-19(14,15)16)12-9-17-5-6-18-12/h10,12H,2-9H2,1H3,(H,14,15,16). The summed E-state index contributed by atoms with van der Waals surface area (Å²) in [7, 11) is -3.88. The van der Waals surface area contributed by atoms with E-state index in [4.69, 9.17) is 4.55 Å². The summed E-state index contributed by atoms with van der Waals surface area (Å²) in [5.74, 6) is 3.58. The zero-order valence-electron chi connectivity index (χ0n) is 11.2. The van der Waals surface area contributed by atoms with Gasteiger partial charge in [0, 0.05) is 35.4 Å². The van der Waals surface area contributed by atoms with Gasteiger partial charge in [-0.1, -0.05) is 6.92 Å². The van der Waals surface area contributed by atoms with Crippen LogP contribution in [0.2, 0.25) is 0 Å². The summed E-state index contributed by atoms with van der Waals surface area (Å²) in [6.45, 7) is 1.86. The van der Waals surface area contributed by atoms with E-state index in [0.717, 1.165) is 17.3 Å². The second-order valence-corrected chi connectivity index (χ2v) is 8.84. The highest BCUT2D eigenvalue weighted by Gasteiger charge is 2.26. The van der Waals surface area contributed by atoms with Crippen LogP contribution in [0.3, 0.4) is 0 Å². The molecule has 1 rings (SSSR count). The topological polar surface area (TPSA) is 71.4 Å². The van der Waals surface area contributed by atoms with Crippen molar-refractivity contribution in [3.63, 3.8) is 0 Å². The smallest absolute Gasteiger partial charge is 0.264 e. The Morgan fingerprint density at radius 2 is 2.16 bits per heavy atom. The molecule has 0 saturated carbocycles. The minimum Gasteiger partial charge on any atom is -0.300 e. The number of Topliss-reactive ketones (excluding diaryl/α,β-unsaturated/α-hetero) is 1. The molecule has 1 aliphatic rings. The lowest BCUT2D eigenvalue weighted by Crippen LogP contribution is -2.27. The molecule has 2 unspecified atom stereocenters. The van der Waals surface area contributed by atoms with E-state index in [1.165, 1.54) is 0 Å². The van der Waals surface area contributed by atoms with Crippen molar-refractivity contribution in [2.24, 2.45) is 5.92 Å². The Hall–Kier alpha value is 0.280. The van der Waals surface area contributed by atoms with Gasteiger partial charge in [0.1, 0.15) is 5.78 Å². The van der Waals surface area contributed by atoms with Crippen LogP contribution in [0.25, 0.3) is 0 Å². The first-order valence-electron chi connectivity index (χ1n) is 6.58. The van der Waals surface area contributed by atoms with E-state index in [2.05, 4.69) is 0 Å². The number of hydrogen-bond donors (Lipinski definition) is 1. The summed E-state index contributed by atoms with van der Waals surface area (Å²) >= 11 is 3.80. The Labute approximate surface area is 124 Å². The van der Waals surface area contributed by atoms with Gasteiger partial charge in [0.25, 0.3) is 10.1 Å². The highest BCUT2D eigenvalue weighted by Crippen LogP contribution is 2.33. The maximum Gasteiger partial charge on any atom is 0.264 e. The summed E-state index contributed by atoms with van der Waals surface area (Å²) < 4.78 is 30.3. The summed E-state index contributed by atoms with van der Waals surface area (Å²) in [4.78, 5) is 11.6. The number of rotatable bonds is 8. The molecule has 0 aromatic rings. The van der Waals surface area contributed by atoms with Crippen molar-refractivity contribution in [3.05, 3.63) is 0 Å². The Balaban J connectivity index is 2.50. The van der Waals surface area contributed by atoms with Crippen LogP contribution in [0.5, 0.6) is 0 Å². The van der Waals surface area contributed by atoms with E-state index in [0.29, 0.717) is 30.9 Å². The van der Waals surface area contributed by atoms with Gasteiger partial charge in [-0.3, -0.25) is 9.35 Å². The summed E-state index contributed by atoms with van der Waals surface area (Å²) in [5.41, 5.74) is 0. The molecular formula is C12H22O4S3. The van der Waals surface area contributed by atoms with Crippen LogP contribution >= 0.6 is 23.5 Å². The van der Waals surface area contributed by atoms with E-state index in [9.17, 15) is 13.2 Å². The van der Waals surface area contributed by atoms with Gasteiger partial charge in [-0.2, -0.15) is 31.9 Å². The van der Waals surface area contributed by atoms with Gasteiger partial charge in [-0.25, -0.2) is 0 Å². The number of hydrogen-bond acceptors (Lipinski definition) is 5. The van der Waals surface area contributed by atoms with E-state index in [-0.39, 0.29) is 17.5 Å². The van der Waals surface area contributed by atoms with E-state index in [1.807, 2.05) is 30.4 Å². The molecule has 0 aromatic carbocycles. The van der Waals surface area contributed by atoms with Crippen LogP contribution in [0.4, 0.5) is 0 Å². The maximum absolute atomic E-state index is 11.6. The molecule has 7 heteroatoms. The van der Waals surface area contributed by atoms with E-state index >= 15 is 0 Å². The lowest BCUT2D eigenvalue weighted by atomic mass is 9.93. The van der Waals surface area contributed by atoms with Crippen molar-refractivity contribution >= 4 is 39.4 Å². The van der Waals surface area contributed by atoms with Crippen molar-refractivity contribution < 1.29 is 17.8 Å². The monoisotopic (exact) mass is 326 g/mol. The zero-order valence-corrected chi connectivity index (χ0v) is 13.7. The highest BCUT2D eigenvalue weighted by molar-refractivity contribution is 8.06. The van der Waals surface area contributed by atoms with Crippen LogP contribution < -0.4 is 0 Å². The Morgan fingerprint density at radius 1 is 1.42 bits per heavy atom. The molecule has 0 spiro atoms. The molecule has 4 nitrogen and oxygen atoms in total. The lowest BCUT2D eigenvalue weighted by Gasteiger charge is -2.29. The van der Waals surface area contributed by atoms with Gasteiger partial charge in [0.2, 0.25) is 0 Å². The molecule has 1 heterocycles. The van der Waals surface area contributed by atoms with Crippen LogP contribution in [0.1, 0.15) is 32.6 Å². The average Bonchev–Trinajstić information content (AvgIpc) is 2.37. The maximum atomic E-state index is 11.6. The van der Waals surface area contributed by atoms with Crippen molar-refractivity contribution in [1.82, 2.24) is 0 Å².